The van der Waals surface area contributed by atoms with Crippen LogP contribution < -0.4 is 5.32 Å². The molecule has 0 aliphatic heterocycles. The van der Waals surface area contributed by atoms with Gasteiger partial charge in [0, 0.05) is 15.7 Å². The van der Waals surface area contributed by atoms with E-state index in [0.29, 0.717) is 20.6 Å². The van der Waals surface area contributed by atoms with Crippen molar-refractivity contribution >= 4 is 46.4 Å². The molecule has 0 saturated carbocycles. The normalized spacial score (nSPS) is 10.6. The summed E-state index contributed by atoms with van der Waals surface area (Å²) in [7, 11) is 0. The Balaban J connectivity index is 2.41. The first-order chi connectivity index (χ1) is 10.5. The van der Waals surface area contributed by atoms with E-state index in [2.05, 4.69) is 5.32 Å². The number of aryl methyl sites for hydroxylation is 1. The fourth-order valence-corrected chi connectivity index (χ4v) is 3.11. The molecule has 2 rings (SSSR count). The molecule has 22 heavy (non-hydrogen) atoms. The van der Waals surface area contributed by atoms with Crippen LogP contribution in [0.4, 0.5) is 5.69 Å². The van der Waals surface area contributed by atoms with Gasteiger partial charge in [-0.05, 0) is 48.2 Å². The Morgan fingerprint density at radius 2 is 1.73 bits per heavy atom. The van der Waals surface area contributed by atoms with Crippen molar-refractivity contribution in [1.29, 1.82) is 0 Å². The summed E-state index contributed by atoms with van der Waals surface area (Å²) in [4.78, 5) is 12.5. The number of anilines is 1. The molecule has 0 saturated heterocycles. The summed E-state index contributed by atoms with van der Waals surface area (Å²) in [5, 5.41) is 4.41. The van der Waals surface area contributed by atoms with Crippen molar-refractivity contribution in [2.24, 2.45) is 0 Å². The van der Waals surface area contributed by atoms with Crippen molar-refractivity contribution in [2.45, 2.75) is 26.7 Å². The Hall–Kier alpha value is -1.22. The minimum absolute atomic E-state index is 0.270. The second-order valence-electron chi connectivity index (χ2n) is 4.85. The molecule has 5 heteroatoms. The van der Waals surface area contributed by atoms with Crippen molar-refractivity contribution in [3.8, 4) is 0 Å². The van der Waals surface area contributed by atoms with Crippen molar-refractivity contribution in [2.75, 3.05) is 5.32 Å². The summed E-state index contributed by atoms with van der Waals surface area (Å²) in [6.07, 6.45) is 1.53. The van der Waals surface area contributed by atoms with Crippen molar-refractivity contribution in [1.82, 2.24) is 0 Å². The highest BCUT2D eigenvalue weighted by atomic mass is 35.5. The summed E-state index contributed by atoms with van der Waals surface area (Å²) in [6.45, 7) is 4.04. The fraction of sp³-hybridized carbons (Fsp3) is 0.235. The van der Waals surface area contributed by atoms with Gasteiger partial charge in [0.2, 0.25) is 0 Å². The van der Waals surface area contributed by atoms with E-state index in [4.69, 9.17) is 34.8 Å². The Morgan fingerprint density at radius 1 is 1.00 bits per heavy atom. The van der Waals surface area contributed by atoms with Gasteiger partial charge in [-0.1, -0.05) is 54.7 Å². The van der Waals surface area contributed by atoms with E-state index < -0.39 is 0 Å². The second kappa shape index (κ2) is 7.36. The number of nitrogens with one attached hydrogen (secondary N) is 1. The Labute approximate surface area is 145 Å². The van der Waals surface area contributed by atoms with E-state index in [0.717, 1.165) is 29.7 Å². The third-order valence-electron chi connectivity index (χ3n) is 3.49. The molecule has 2 aromatic rings. The van der Waals surface area contributed by atoms with Gasteiger partial charge in [0.15, 0.2) is 0 Å². The number of rotatable bonds is 4. The molecule has 2 aromatic carbocycles. The first kappa shape index (κ1) is 17.1. The second-order valence-corrected chi connectivity index (χ2v) is 6.10. The van der Waals surface area contributed by atoms with Gasteiger partial charge in [0.05, 0.1) is 10.6 Å². The molecule has 0 heterocycles. The van der Waals surface area contributed by atoms with E-state index in [1.54, 1.807) is 18.2 Å². The Bertz CT molecular complexity index is 713. The molecular weight excluding hydrogens is 341 g/mol. The van der Waals surface area contributed by atoms with Crippen LogP contribution in [0.3, 0.4) is 0 Å². The summed E-state index contributed by atoms with van der Waals surface area (Å²) in [6, 6.07) is 8.60. The molecule has 0 radical (unpaired) electrons. The average Bonchev–Trinajstić information content (AvgIpc) is 2.47. The zero-order valence-electron chi connectivity index (χ0n) is 12.3. The largest absolute Gasteiger partial charge is 0.321 e. The predicted octanol–water partition coefficient (Wildman–Crippen LogP) is 6.02. The van der Waals surface area contributed by atoms with Crippen molar-refractivity contribution < 1.29 is 4.79 Å². The number of carbonyl (C=O) groups is 1. The van der Waals surface area contributed by atoms with E-state index in [1.165, 1.54) is 0 Å². The molecule has 0 atom stereocenters. The number of hydrogen-bond donors (Lipinski definition) is 1. The zero-order chi connectivity index (χ0) is 16.3. The number of benzene rings is 2. The molecule has 0 fully saturated rings. The Kier molecular flexibility index (Phi) is 5.74. The van der Waals surface area contributed by atoms with E-state index in [9.17, 15) is 4.79 Å². The lowest BCUT2D eigenvalue weighted by Crippen LogP contribution is -2.15. The lowest BCUT2D eigenvalue weighted by atomic mass is 10.0. The van der Waals surface area contributed by atoms with Crippen LogP contribution in [-0.4, -0.2) is 5.91 Å². The molecule has 1 amide bonds. The van der Waals surface area contributed by atoms with Gasteiger partial charge >= 0.3 is 0 Å². The highest BCUT2D eigenvalue weighted by molar-refractivity contribution is 6.37. The van der Waals surface area contributed by atoms with Crippen LogP contribution in [0, 0.1) is 0 Å². The summed E-state index contributed by atoms with van der Waals surface area (Å²) in [5.41, 5.74) is 3.13. The molecule has 1 N–H and O–H groups in total. The Morgan fingerprint density at radius 3 is 2.32 bits per heavy atom. The molecular formula is C17H16Cl3NO. The molecule has 0 aliphatic carbocycles. The third kappa shape index (κ3) is 3.57. The van der Waals surface area contributed by atoms with Crippen LogP contribution in [0.25, 0.3) is 0 Å². The van der Waals surface area contributed by atoms with Crippen LogP contribution >= 0.6 is 34.8 Å². The molecule has 0 unspecified atom stereocenters. The third-order valence-corrected chi connectivity index (χ3v) is 4.39. The summed E-state index contributed by atoms with van der Waals surface area (Å²) < 4.78 is 0. The van der Waals surface area contributed by atoms with E-state index >= 15 is 0 Å². The van der Waals surface area contributed by atoms with Gasteiger partial charge in [-0.2, -0.15) is 0 Å². The van der Waals surface area contributed by atoms with Crippen LogP contribution in [0.5, 0.6) is 0 Å². The van der Waals surface area contributed by atoms with Crippen LogP contribution in [-0.2, 0) is 12.8 Å². The topological polar surface area (TPSA) is 29.1 Å². The molecule has 0 spiro atoms. The highest BCUT2D eigenvalue weighted by Gasteiger charge is 2.16. The van der Waals surface area contributed by atoms with E-state index in [-0.39, 0.29) is 5.91 Å². The number of hydrogen-bond acceptors (Lipinski definition) is 1. The molecule has 116 valence electrons. The zero-order valence-corrected chi connectivity index (χ0v) is 14.6. The van der Waals surface area contributed by atoms with Gasteiger partial charge in [0.25, 0.3) is 5.91 Å². The smallest absolute Gasteiger partial charge is 0.257 e. The van der Waals surface area contributed by atoms with Crippen LogP contribution in [0.15, 0.2) is 30.3 Å². The summed E-state index contributed by atoms with van der Waals surface area (Å²) >= 11 is 18.2. The minimum atomic E-state index is -0.270. The van der Waals surface area contributed by atoms with E-state index in [1.807, 2.05) is 26.0 Å². The number of halogens is 3. The standard InChI is InChI=1S/C17H16Cl3NO/c1-3-10-5-8-14(19)12(4-2)16(10)21-17(22)13-7-6-11(18)9-15(13)20/h5-9H,3-4H2,1-2H3,(H,21,22). The van der Waals surface area contributed by atoms with Gasteiger partial charge in [-0.3, -0.25) is 4.79 Å². The molecule has 2 nitrogen and oxygen atoms in total. The lowest BCUT2D eigenvalue weighted by molar-refractivity contribution is 0.102. The maximum Gasteiger partial charge on any atom is 0.257 e. The van der Waals surface area contributed by atoms with Gasteiger partial charge in [-0.25, -0.2) is 0 Å². The van der Waals surface area contributed by atoms with Gasteiger partial charge < -0.3 is 5.32 Å². The molecule has 0 bridgehead atoms. The number of carbonyl (C=O) groups excluding carboxylic acids is 1. The maximum atomic E-state index is 12.5. The van der Waals surface area contributed by atoms with Crippen LogP contribution in [0.1, 0.15) is 35.3 Å². The predicted molar refractivity (Wildman–Crippen MR) is 94.6 cm³/mol. The lowest BCUT2D eigenvalue weighted by Gasteiger charge is -2.16. The average molecular weight is 357 g/mol. The summed E-state index contributed by atoms with van der Waals surface area (Å²) in [5.74, 6) is -0.270. The molecule has 0 aliphatic rings. The quantitative estimate of drug-likeness (QED) is 0.712. The minimum Gasteiger partial charge on any atom is -0.321 e. The number of amides is 1. The highest BCUT2D eigenvalue weighted by Crippen LogP contribution is 2.30. The van der Waals surface area contributed by atoms with Crippen LogP contribution in [0.2, 0.25) is 15.1 Å². The monoisotopic (exact) mass is 355 g/mol. The SMILES string of the molecule is CCc1ccc(Cl)c(CC)c1NC(=O)c1ccc(Cl)cc1Cl. The first-order valence-corrected chi connectivity index (χ1v) is 8.18. The van der Waals surface area contributed by atoms with Gasteiger partial charge in [-0.15, -0.1) is 0 Å². The van der Waals surface area contributed by atoms with Crippen molar-refractivity contribution in [3.63, 3.8) is 0 Å². The maximum absolute atomic E-state index is 12.5. The van der Waals surface area contributed by atoms with Crippen molar-refractivity contribution in [3.05, 3.63) is 62.1 Å². The van der Waals surface area contributed by atoms with Gasteiger partial charge in [0.1, 0.15) is 0 Å². The first-order valence-electron chi connectivity index (χ1n) is 7.04. The molecule has 0 aromatic heterocycles. The fourth-order valence-electron chi connectivity index (χ4n) is 2.32.